The topological polar surface area (TPSA) is 51.8 Å². The van der Waals surface area contributed by atoms with Crippen LogP contribution in [0.2, 0.25) is 0 Å². The fourth-order valence-corrected chi connectivity index (χ4v) is 4.07. The van der Waals surface area contributed by atoms with Crippen molar-refractivity contribution in [2.75, 3.05) is 13.1 Å². The van der Waals surface area contributed by atoms with E-state index < -0.39 is 0 Å². The van der Waals surface area contributed by atoms with Gasteiger partial charge in [-0.25, -0.2) is 9.37 Å². The van der Waals surface area contributed by atoms with Crippen molar-refractivity contribution in [3.8, 4) is 0 Å². The first kappa shape index (κ1) is 18.8. The minimum atomic E-state index is -0.132. The second-order valence-electron chi connectivity index (χ2n) is 7.59. The third-order valence-corrected chi connectivity index (χ3v) is 5.64. The summed E-state index contributed by atoms with van der Waals surface area (Å²) in [4.78, 5) is 6.55. The Morgan fingerprint density at radius 3 is 2.64 bits per heavy atom. The van der Waals surface area contributed by atoms with Crippen LogP contribution >= 0.6 is 0 Å². The second-order valence-corrected chi connectivity index (χ2v) is 7.59. The van der Waals surface area contributed by atoms with E-state index in [1.54, 1.807) is 12.3 Å². The molecule has 4 rings (SSSR count). The Morgan fingerprint density at radius 1 is 1.14 bits per heavy atom. The van der Waals surface area contributed by atoms with Gasteiger partial charge in [-0.2, -0.15) is 0 Å². The van der Waals surface area contributed by atoms with E-state index in [4.69, 9.17) is 0 Å². The number of hydrogen-bond donors (Lipinski definition) is 0. The molecule has 0 spiro atoms. The zero-order valence-electron chi connectivity index (χ0n) is 16.6. The minimum absolute atomic E-state index is 0.132. The van der Waals surface area contributed by atoms with E-state index in [9.17, 15) is 4.39 Å². The van der Waals surface area contributed by atoms with Crippen LogP contribution in [0.1, 0.15) is 48.5 Å². The van der Waals surface area contributed by atoms with Gasteiger partial charge in [0.25, 0.3) is 0 Å². The highest BCUT2D eigenvalue weighted by Gasteiger charge is 2.26. The number of halogens is 1. The number of piperidine rings is 1. The van der Waals surface area contributed by atoms with Gasteiger partial charge >= 0.3 is 0 Å². The quantitative estimate of drug-likeness (QED) is 0.656. The Balaban J connectivity index is 1.39. The summed E-state index contributed by atoms with van der Waals surface area (Å²) in [5, 5.41) is 9.00. The van der Waals surface area contributed by atoms with Crippen molar-refractivity contribution in [3.63, 3.8) is 0 Å². The monoisotopic (exact) mass is 382 g/mol. The molecule has 0 saturated carbocycles. The predicted octanol–water partition coefficient (Wildman–Crippen LogP) is 3.37. The standard InChI is InChI=1S/C21H27FN6/c1-3-28-20(14-27-11-8-23-15-27)24-25-21(28)18-6-9-26(10-7-18)13-17-4-5-19(22)16(2)12-17/h4-5,8,11-12,15,18H,3,6-7,9-10,13-14H2,1-2H3. The molecule has 0 aliphatic carbocycles. The minimum Gasteiger partial charge on any atom is -0.330 e. The molecule has 6 nitrogen and oxygen atoms in total. The van der Waals surface area contributed by atoms with Gasteiger partial charge in [0.05, 0.1) is 12.9 Å². The molecule has 7 heteroatoms. The first-order chi connectivity index (χ1) is 13.6. The van der Waals surface area contributed by atoms with Crippen LogP contribution in [-0.4, -0.2) is 42.3 Å². The van der Waals surface area contributed by atoms with Crippen LogP contribution in [0.3, 0.4) is 0 Å². The zero-order valence-corrected chi connectivity index (χ0v) is 16.6. The Labute approximate surface area is 165 Å². The average molecular weight is 382 g/mol. The third kappa shape index (κ3) is 3.99. The van der Waals surface area contributed by atoms with Crippen LogP contribution in [-0.2, 0) is 19.6 Å². The van der Waals surface area contributed by atoms with Crippen molar-refractivity contribution in [1.29, 1.82) is 0 Å². The molecule has 3 heterocycles. The third-order valence-electron chi connectivity index (χ3n) is 5.64. The molecular weight excluding hydrogens is 355 g/mol. The summed E-state index contributed by atoms with van der Waals surface area (Å²) in [6.45, 7) is 8.47. The zero-order chi connectivity index (χ0) is 19.5. The summed E-state index contributed by atoms with van der Waals surface area (Å²) in [5.74, 6) is 2.40. The van der Waals surface area contributed by atoms with Gasteiger partial charge in [-0.1, -0.05) is 12.1 Å². The second kappa shape index (κ2) is 8.22. The van der Waals surface area contributed by atoms with Crippen LogP contribution in [0, 0.1) is 12.7 Å². The van der Waals surface area contributed by atoms with Crippen molar-refractivity contribution < 1.29 is 4.39 Å². The highest BCUT2D eigenvalue weighted by Crippen LogP contribution is 2.28. The molecule has 1 saturated heterocycles. The highest BCUT2D eigenvalue weighted by molar-refractivity contribution is 5.24. The van der Waals surface area contributed by atoms with E-state index in [1.165, 1.54) is 5.56 Å². The molecule has 1 fully saturated rings. The van der Waals surface area contributed by atoms with Crippen LogP contribution in [0.5, 0.6) is 0 Å². The number of aromatic nitrogens is 5. The Kier molecular flexibility index (Phi) is 5.52. The Hall–Kier alpha value is -2.54. The molecule has 1 aromatic carbocycles. The molecule has 0 radical (unpaired) electrons. The van der Waals surface area contributed by atoms with E-state index >= 15 is 0 Å². The molecule has 0 unspecified atom stereocenters. The molecule has 0 atom stereocenters. The van der Waals surface area contributed by atoms with Gasteiger partial charge in [0.15, 0.2) is 5.82 Å². The molecule has 148 valence electrons. The Bertz CT molecular complexity index is 909. The van der Waals surface area contributed by atoms with Crippen molar-refractivity contribution in [3.05, 3.63) is 65.5 Å². The lowest BCUT2D eigenvalue weighted by atomic mass is 9.95. The average Bonchev–Trinajstić information content (AvgIpc) is 3.35. The number of imidazole rings is 1. The molecule has 0 amide bonds. The molecule has 1 aliphatic heterocycles. The van der Waals surface area contributed by atoms with E-state index in [-0.39, 0.29) is 5.82 Å². The van der Waals surface area contributed by atoms with Gasteiger partial charge in [0, 0.05) is 31.4 Å². The van der Waals surface area contributed by atoms with Crippen LogP contribution in [0.15, 0.2) is 36.9 Å². The molecule has 2 aromatic heterocycles. The van der Waals surface area contributed by atoms with Crippen molar-refractivity contribution in [1.82, 2.24) is 29.2 Å². The van der Waals surface area contributed by atoms with Crippen LogP contribution in [0.4, 0.5) is 4.39 Å². The van der Waals surface area contributed by atoms with E-state index in [0.717, 1.165) is 50.7 Å². The first-order valence-corrected chi connectivity index (χ1v) is 9.99. The molecule has 0 N–H and O–H groups in total. The SMILES string of the molecule is CCn1c(Cn2ccnc2)nnc1C1CCN(Cc2ccc(F)c(C)c2)CC1. The maximum Gasteiger partial charge on any atom is 0.153 e. The van der Waals surface area contributed by atoms with Crippen LogP contribution in [0.25, 0.3) is 0 Å². The molecule has 1 aliphatic rings. The first-order valence-electron chi connectivity index (χ1n) is 9.99. The smallest absolute Gasteiger partial charge is 0.153 e. The van der Waals surface area contributed by atoms with Crippen molar-refractivity contribution >= 4 is 0 Å². The number of hydrogen-bond acceptors (Lipinski definition) is 4. The summed E-state index contributed by atoms with van der Waals surface area (Å²) >= 11 is 0. The highest BCUT2D eigenvalue weighted by atomic mass is 19.1. The largest absolute Gasteiger partial charge is 0.330 e. The number of aryl methyl sites for hydroxylation is 1. The Morgan fingerprint density at radius 2 is 1.96 bits per heavy atom. The lowest BCUT2D eigenvalue weighted by molar-refractivity contribution is 0.200. The lowest BCUT2D eigenvalue weighted by Gasteiger charge is -2.31. The van der Waals surface area contributed by atoms with Crippen molar-refractivity contribution in [2.45, 2.75) is 52.2 Å². The fraction of sp³-hybridized carbons (Fsp3) is 0.476. The summed E-state index contributed by atoms with van der Waals surface area (Å²) in [6, 6.07) is 5.42. The van der Waals surface area contributed by atoms with Gasteiger partial charge in [-0.15, -0.1) is 10.2 Å². The predicted molar refractivity (Wildman–Crippen MR) is 105 cm³/mol. The summed E-state index contributed by atoms with van der Waals surface area (Å²) < 4.78 is 17.7. The van der Waals surface area contributed by atoms with Gasteiger partial charge in [0.1, 0.15) is 11.6 Å². The van der Waals surface area contributed by atoms with Gasteiger partial charge < -0.3 is 9.13 Å². The van der Waals surface area contributed by atoms with Gasteiger partial charge in [-0.05, 0) is 57.0 Å². The van der Waals surface area contributed by atoms with E-state index in [1.807, 2.05) is 36.1 Å². The summed E-state index contributed by atoms with van der Waals surface area (Å²) in [7, 11) is 0. The van der Waals surface area contributed by atoms with Gasteiger partial charge in [0.2, 0.25) is 0 Å². The van der Waals surface area contributed by atoms with E-state index in [0.29, 0.717) is 18.0 Å². The lowest BCUT2D eigenvalue weighted by Crippen LogP contribution is -2.33. The van der Waals surface area contributed by atoms with E-state index in [2.05, 4.69) is 31.6 Å². The van der Waals surface area contributed by atoms with Crippen LogP contribution < -0.4 is 0 Å². The molecular formula is C21H27FN6. The number of nitrogens with zero attached hydrogens (tertiary/aromatic N) is 6. The normalized spacial score (nSPS) is 16.0. The molecule has 0 bridgehead atoms. The molecule has 3 aromatic rings. The number of rotatable bonds is 6. The van der Waals surface area contributed by atoms with Crippen molar-refractivity contribution in [2.24, 2.45) is 0 Å². The summed E-state index contributed by atoms with van der Waals surface area (Å²) in [6.07, 6.45) is 7.69. The molecule has 28 heavy (non-hydrogen) atoms. The number of benzene rings is 1. The number of likely N-dealkylation sites (tertiary alicyclic amines) is 1. The fourth-order valence-electron chi connectivity index (χ4n) is 4.07. The maximum atomic E-state index is 13.5. The maximum absolute atomic E-state index is 13.5. The summed E-state index contributed by atoms with van der Waals surface area (Å²) in [5.41, 5.74) is 1.89. The van der Waals surface area contributed by atoms with Gasteiger partial charge in [-0.3, -0.25) is 4.90 Å².